The van der Waals surface area contributed by atoms with Gasteiger partial charge in [0.15, 0.2) is 7.85 Å². The third-order valence-corrected chi connectivity index (χ3v) is 3.37. The lowest BCUT2D eigenvalue weighted by Gasteiger charge is -1.98. The van der Waals surface area contributed by atoms with Gasteiger partial charge < -0.3 is 4.79 Å². The SMILES string of the molecule is [B]C(=O)CCCCCCC/C=C\C/C=C\CCCCC. The van der Waals surface area contributed by atoms with Crippen molar-refractivity contribution in [3.8, 4) is 0 Å². The predicted molar refractivity (Wildman–Crippen MR) is 90.1 cm³/mol. The zero-order valence-electron chi connectivity index (χ0n) is 13.3. The Morgan fingerprint density at radius 1 is 0.800 bits per heavy atom. The van der Waals surface area contributed by atoms with Crippen molar-refractivity contribution in [1.29, 1.82) is 0 Å². The molecule has 112 valence electrons. The Balaban J connectivity index is 3.17. The minimum Gasteiger partial charge on any atom is -0.313 e. The lowest BCUT2D eigenvalue weighted by Crippen LogP contribution is -1.94. The van der Waals surface area contributed by atoms with E-state index in [4.69, 9.17) is 7.85 Å². The molecular formula is C18H31BO. The molecule has 0 aromatic rings. The van der Waals surface area contributed by atoms with E-state index in [-0.39, 0.29) is 5.68 Å². The molecule has 0 aliphatic carbocycles. The van der Waals surface area contributed by atoms with Crippen molar-refractivity contribution in [3.63, 3.8) is 0 Å². The van der Waals surface area contributed by atoms with Crippen LogP contribution in [0.2, 0.25) is 0 Å². The van der Waals surface area contributed by atoms with Gasteiger partial charge in [0.2, 0.25) is 0 Å². The molecule has 20 heavy (non-hydrogen) atoms. The highest BCUT2D eigenvalue weighted by Gasteiger charge is 1.93. The first-order valence-electron chi connectivity index (χ1n) is 8.35. The van der Waals surface area contributed by atoms with Crippen molar-refractivity contribution in [3.05, 3.63) is 24.3 Å². The van der Waals surface area contributed by atoms with Crippen molar-refractivity contribution in [2.24, 2.45) is 0 Å². The highest BCUT2D eigenvalue weighted by atomic mass is 16.1. The van der Waals surface area contributed by atoms with E-state index < -0.39 is 0 Å². The van der Waals surface area contributed by atoms with Crippen LogP contribution in [-0.4, -0.2) is 13.5 Å². The van der Waals surface area contributed by atoms with Crippen molar-refractivity contribution in [2.45, 2.75) is 84.0 Å². The molecule has 0 aromatic carbocycles. The number of allylic oxidation sites excluding steroid dienone is 4. The Kier molecular flexibility index (Phi) is 15.6. The molecule has 0 aliphatic rings. The summed E-state index contributed by atoms with van der Waals surface area (Å²) in [7, 11) is 5.09. The van der Waals surface area contributed by atoms with Gasteiger partial charge in [-0.25, -0.2) is 0 Å². The van der Waals surface area contributed by atoms with Gasteiger partial charge in [-0.2, -0.15) is 0 Å². The van der Waals surface area contributed by atoms with Gasteiger partial charge in [-0.1, -0.05) is 63.3 Å². The first-order valence-corrected chi connectivity index (χ1v) is 8.35. The zero-order valence-corrected chi connectivity index (χ0v) is 13.3. The summed E-state index contributed by atoms with van der Waals surface area (Å²) in [6, 6.07) is 0. The summed E-state index contributed by atoms with van der Waals surface area (Å²) in [6.45, 7) is 2.24. The molecule has 0 amide bonds. The van der Waals surface area contributed by atoms with Crippen LogP contribution in [0.25, 0.3) is 0 Å². The molecule has 0 spiro atoms. The minimum absolute atomic E-state index is 0.171. The Morgan fingerprint density at radius 2 is 1.35 bits per heavy atom. The first kappa shape index (κ1) is 19.2. The fraction of sp³-hybridized carbons (Fsp3) is 0.722. The van der Waals surface area contributed by atoms with Crippen LogP contribution in [0, 0.1) is 0 Å². The second-order valence-corrected chi connectivity index (χ2v) is 5.45. The molecule has 2 radical (unpaired) electrons. The Labute approximate surface area is 127 Å². The second-order valence-electron chi connectivity index (χ2n) is 5.45. The summed E-state index contributed by atoms with van der Waals surface area (Å²) < 4.78 is 0. The summed E-state index contributed by atoms with van der Waals surface area (Å²) in [5, 5.41) is 0. The number of hydrogen-bond acceptors (Lipinski definition) is 1. The van der Waals surface area contributed by atoms with E-state index in [9.17, 15) is 4.79 Å². The molecule has 0 saturated carbocycles. The van der Waals surface area contributed by atoms with Crippen molar-refractivity contribution >= 4 is 13.5 Å². The van der Waals surface area contributed by atoms with Crippen LogP contribution in [0.15, 0.2) is 24.3 Å². The van der Waals surface area contributed by atoms with Gasteiger partial charge in [0.1, 0.15) is 0 Å². The van der Waals surface area contributed by atoms with Crippen LogP contribution in [0.3, 0.4) is 0 Å². The van der Waals surface area contributed by atoms with Gasteiger partial charge in [-0.15, -0.1) is 0 Å². The summed E-state index contributed by atoms with van der Waals surface area (Å²) in [6.07, 6.45) is 23.0. The highest BCUT2D eigenvalue weighted by molar-refractivity contribution is 6.57. The van der Waals surface area contributed by atoms with E-state index in [0.29, 0.717) is 6.42 Å². The molecule has 0 aromatic heterocycles. The third-order valence-electron chi connectivity index (χ3n) is 3.37. The minimum atomic E-state index is -0.171. The van der Waals surface area contributed by atoms with Crippen molar-refractivity contribution in [2.75, 3.05) is 0 Å². The molecule has 0 aliphatic heterocycles. The molecule has 0 bridgehead atoms. The lowest BCUT2D eigenvalue weighted by molar-refractivity contribution is -0.111. The van der Waals surface area contributed by atoms with Gasteiger partial charge in [-0.05, 0) is 44.9 Å². The fourth-order valence-corrected chi connectivity index (χ4v) is 2.11. The summed E-state index contributed by atoms with van der Waals surface area (Å²) in [5.74, 6) is 0. The molecule has 0 unspecified atom stereocenters. The van der Waals surface area contributed by atoms with Gasteiger partial charge in [-0.3, -0.25) is 0 Å². The number of carbonyl (C=O) groups excluding carboxylic acids is 1. The van der Waals surface area contributed by atoms with Crippen molar-refractivity contribution in [1.82, 2.24) is 0 Å². The van der Waals surface area contributed by atoms with Crippen LogP contribution >= 0.6 is 0 Å². The maximum atomic E-state index is 10.5. The van der Waals surface area contributed by atoms with E-state index in [0.717, 1.165) is 19.3 Å². The van der Waals surface area contributed by atoms with Gasteiger partial charge in [0.25, 0.3) is 0 Å². The maximum absolute atomic E-state index is 10.5. The summed E-state index contributed by atoms with van der Waals surface area (Å²) >= 11 is 0. The number of rotatable bonds is 14. The topological polar surface area (TPSA) is 17.1 Å². The molecule has 0 atom stereocenters. The molecule has 0 rings (SSSR count). The number of carbonyl (C=O) groups is 1. The van der Waals surface area contributed by atoms with E-state index in [1.54, 1.807) is 0 Å². The van der Waals surface area contributed by atoms with Crippen LogP contribution < -0.4 is 0 Å². The maximum Gasteiger partial charge on any atom is 0.167 e. The molecule has 2 heteroatoms. The quantitative estimate of drug-likeness (QED) is 0.232. The molecule has 0 N–H and O–H groups in total. The Morgan fingerprint density at radius 3 is 1.95 bits per heavy atom. The predicted octanol–water partition coefficient (Wildman–Crippen LogP) is 5.50. The molecular weight excluding hydrogens is 243 g/mol. The Bertz CT molecular complexity index is 269. The average Bonchev–Trinajstić information content (AvgIpc) is 2.43. The van der Waals surface area contributed by atoms with Gasteiger partial charge >= 0.3 is 0 Å². The van der Waals surface area contributed by atoms with Crippen LogP contribution in [0.4, 0.5) is 0 Å². The van der Waals surface area contributed by atoms with E-state index in [1.165, 1.54) is 51.4 Å². The largest absolute Gasteiger partial charge is 0.313 e. The average molecular weight is 274 g/mol. The fourth-order valence-electron chi connectivity index (χ4n) is 2.11. The number of unbranched alkanes of at least 4 members (excludes halogenated alkanes) is 8. The summed E-state index contributed by atoms with van der Waals surface area (Å²) in [5.41, 5.74) is -0.171. The second kappa shape index (κ2) is 16.3. The third kappa shape index (κ3) is 17.2. The van der Waals surface area contributed by atoms with Crippen LogP contribution in [-0.2, 0) is 4.79 Å². The smallest absolute Gasteiger partial charge is 0.167 e. The van der Waals surface area contributed by atoms with Crippen LogP contribution in [0.5, 0.6) is 0 Å². The highest BCUT2D eigenvalue weighted by Crippen LogP contribution is 2.08. The molecule has 0 saturated heterocycles. The monoisotopic (exact) mass is 274 g/mol. The summed E-state index contributed by atoms with van der Waals surface area (Å²) in [4.78, 5) is 10.5. The van der Waals surface area contributed by atoms with E-state index in [2.05, 4.69) is 31.2 Å². The standard InChI is InChI=1S/C18H31BO/c1-2-3-4-5-6-7-8-9-10-11-12-13-14-15-16-17-18(19)20/h6-7,9-10H,2-5,8,11-17H2,1H3/b7-6-,10-9-. The molecule has 1 nitrogen and oxygen atoms in total. The first-order chi connectivity index (χ1) is 9.77. The van der Waals surface area contributed by atoms with E-state index >= 15 is 0 Å². The molecule has 0 fully saturated rings. The lowest BCUT2D eigenvalue weighted by atomic mass is 9.96. The van der Waals surface area contributed by atoms with Crippen molar-refractivity contribution < 1.29 is 4.79 Å². The molecule has 0 heterocycles. The normalized spacial score (nSPS) is 11.7. The van der Waals surface area contributed by atoms with Gasteiger partial charge in [0.05, 0.1) is 5.68 Å². The number of hydrogen-bond donors (Lipinski definition) is 0. The van der Waals surface area contributed by atoms with Crippen LogP contribution in [0.1, 0.15) is 84.0 Å². The Hall–Kier alpha value is -0.785. The van der Waals surface area contributed by atoms with E-state index in [1.807, 2.05) is 0 Å². The van der Waals surface area contributed by atoms with Gasteiger partial charge in [0, 0.05) is 0 Å². The zero-order chi connectivity index (χ0) is 14.9.